The highest BCUT2D eigenvalue weighted by atomic mass is 35.5. The molecule has 21 heavy (non-hydrogen) atoms. The number of aromatic nitrogens is 2. The molecule has 0 spiro atoms. The summed E-state index contributed by atoms with van der Waals surface area (Å²) in [4.78, 5) is 26.9. The minimum absolute atomic E-state index is 0.0355. The monoisotopic (exact) mass is 344 g/mol. The summed E-state index contributed by atoms with van der Waals surface area (Å²) in [7, 11) is 0. The molecule has 0 aliphatic heterocycles. The average Bonchev–Trinajstić information content (AvgIpc) is 2.42. The summed E-state index contributed by atoms with van der Waals surface area (Å²) in [5.41, 5.74) is -0.0284. The van der Waals surface area contributed by atoms with Gasteiger partial charge in [-0.25, -0.2) is 4.79 Å². The molecular weight excluding hydrogens is 331 g/mol. The number of thioether (sulfide) groups is 1. The highest BCUT2D eigenvalue weighted by molar-refractivity contribution is 7.98. The van der Waals surface area contributed by atoms with Crippen molar-refractivity contribution in [3.63, 3.8) is 0 Å². The summed E-state index contributed by atoms with van der Waals surface area (Å²) in [6.07, 6.45) is 2.72. The van der Waals surface area contributed by atoms with Gasteiger partial charge >= 0.3 is 5.69 Å². The molecule has 0 atom stereocenters. The van der Waals surface area contributed by atoms with Gasteiger partial charge in [0.2, 0.25) is 0 Å². The van der Waals surface area contributed by atoms with Gasteiger partial charge in [-0.1, -0.05) is 35.3 Å². The average molecular weight is 345 g/mol. The largest absolute Gasteiger partial charge is 0.329 e. The molecule has 4 nitrogen and oxygen atoms in total. The van der Waals surface area contributed by atoms with Crippen molar-refractivity contribution in [1.82, 2.24) is 9.55 Å². The Balaban J connectivity index is 2.54. The van der Waals surface area contributed by atoms with E-state index in [-0.39, 0.29) is 10.7 Å². The Morgan fingerprint density at radius 3 is 2.71 bits per heavy atom. The van der Waals surface area contributed by atoms with Crippen LogP contribution in [0.15, 0.2) is 33.9 Å². The Bertz CT molecular complexity index is 755. The molecule has 1 aromatic carbocycles. The van der Waals surface area contributed by atoms with Crippen LogP contribution in [0, 0.1) is 0 Å². The maximum Gasteiger partial charge on any atom is 0.329 e. The Hall–Kier alpha value is -1.17. The Kier molecular flexibility index (Phi) is 5.56. The van der Waals surface area contributed by atoms with Crippen LogP contribution in [-0.4, -0.2) is 21.6 Å². The topological polar surface area (TPSA) is 54.9 Å². The summed E-state index contributed by atoms with van der Waals surface area (Å²) < 4.78 is 1.18. The van der Waals surface area contributed by atoms with Gasteiger partial charge in [0.05, 0.1) is 5.56 Å². The van der Waals surface area contributed by atoms with E-state index in [1.165, 1.54) is 4.57 Å². The van der Waals surface area contributed by atoms with Gasteiger partial charge in [-0.05, 0) is 36.1 Å². The summed E-state index contributed by atoms with van der Waals surface area (Å²) in [6, 6.07) is 6.83. The molecule has 112 valence electrons. The van der Waals surface area contributed by atoms with E-state index in [0.717, 1.165) is 12.2 Å². The van der Waals surface area contributed by atoms with E-state index < -0.39 is 11.2 Å². The van der Waals surface area contributed by atoms with E-state index in [1.807, 2.05) is 6.26 Å². The Labute approximate surface area is 136 Å². The van der Waals surface area contributed by atoms with Crippen LogP contribution in [0.3, 0.4) is 0 Å². The molecule has 0 fully saturated rings. The second-order valence-corrected chi connectivity index (χ2v) is 6.23. The quantitative estimate of drug-likeness (QED) is 0.668. The Morgan fingerprint density at radius 1 is 1.29 bits per heavy atom. The third-order valence-electron chi connectivity index (χ3n) is 2.98. The maximum atomic E-state index is 12.5. The first-order chi connectivity index (χ1) is 10.0. The summed E-state index contributed by atoms with van der Waals surface area (Å²) >= 11 is 13.7. The van der Waals surface area contributed by atoms with Gasteiger partial charge in [0.15, 0.2) is 0 Å². The smallest absolute Gasteiger partial charge is 0.297 e. The molecule has 1 N–H and O–H groups in total. The normalized spacial score (nSPS) is 10.8. The molecule has 0 bridgehead atoms. The lowest BCUT2D eigenvalue weighted by Gasteiger charge is -2.09. The summed E-state index contributed by atoms with van der Waals surface area (Å²) in [6.45, 7) is 0.361. The number of hydrogen-bond donors (Lipinski definition) is 1. The minimum Gasteiger partial charge on any atom is -0.297 e. The van der Waals surface area contributed by atoms with E-state index in [0.29, 0.717) is 17.1 Å². The molecule has 2 rings (SSSR count). The highest BCUT2D eigenvalue weighted by Crippen LogP contribution is 2.24. The van der Waals surface area contributed by atoms with Crippen LogP contribution < -0.4 is 11.2 Å². The van der Waals surface area contributed by atoms with Crippen molar-refractivity contribution in [3.05, 3.63) is 55.3 Å². The molecular formula is C14H14Cl2N2O2S. The number of aromatic amines is 1. The van der Waals surface area contributed by atoms with Crippen molar-refractivity contribution < 1.29 is 0 Å². The minimum atomic E-state index is -0.489. The van der Waals surface area contributed by atoms with Gasteiger partial charge in [-0.15, -0.1) is 0 Å². The van der Waals surface area contributed by atoms with Crippen LogP contribution in [0.25, 0.3) is 11.1 Å². The lowest BCUT2D eigenvalue weighted by Crippen LogP contribution is -2.36. The van der Waals surface area contributed by atoms with Crippen molar-refractivity contribution in [2.75, 3.05) is 12.0 Å². The third kappa shape index (κ3) is 3.73. The number of rotatable bonds is 5. The third-order valence-corrected chi connectivity index (χ3v) is 4.20. The van der Waals surface area contributed by atoms with Crippen molar-refractivity contribution in [1.29, 1.82) is 0 Å². The zero-order chi connectivity index (χ0) is 15.4. The fraction of sp³-hybridized carbons (Fsp3) is 0.286. The first-order valence-corrected chi connectivity index (χ1v) is 8.47. The van der Waals surface area contributed by atoms with Crippen molar-refractivity contribution in [3.8, 4) is 11.1 Å². The van der Waals surface area contributed by atoms with E-state index in [1.54, 1.807) is 36.0 Å². The molecule has 0 unspecified atom stereocenters. The van der Waals surface area contributed by atoms with E-state index in [9.17, 15) is 9.59 Å². The number of nitrogens with one attached hydrogen (secondary N) is 1. The van der Waals surface area contributed by atoms with Crippen LogP contribution in [0.2, 0.25) is 10.2 Å². The Morgan fingerprint density at radius 2 is 2.05 bits per heavy atom. The second-order valence-electron chi connectivity index (χ2n) is 4.43. The molecule has 0 aliphatic rings. The zero-order valence-corrected chi connectivity index (χ0v) is 13.7. The fourth-order valence-electron chi connectivity index (χ4n) is 2.01. The van der Waals surface area contributed by atoms with Crippen LogP contribution in [-0.2, 0) is 6.54 Å². The van der Waals surface area contributed by atoms with Gasteiger partial charge in [0.25, 0.3) is 5.56 Å². The van der Waals surface area contributed by atoms with Crippen LogP contribution in [0.1, 0.15) is 6.42 Å². The number of H-pyrrole nitrogens is 1. The van der Waals surface area contributed by atoms with Crippen molar-refractivity contribution in [2.24, 2.45) is 0 Å². The van der Waals surface area contributed by atoms with Gasteiger partial charge in [-0.3, -0.25) is 14.3 Å². The van der Waals surface area contributed by atoms with Crippen molar-refractivity contribution in [2.45, 2.75) is 13.0 Å². The molecule has 2 aromatic rings. The first kappa shape index (κ1) is 16.2. The van der Waals surface area contributed by atoms with Gasteiger partial charge in [0.1, 0.15) is 5.15 Å². The highest BCUT2D eigenvalue weighted by Gasteiger charge is 2.14. The number of hydrogen-bond acceptors (Lipinski definition) is 3. The molecule has 1 heterocycles. The number of nitrogens with zero attached hydrogens (tertiary/aromatic N) is 1. The standard InChI is InChI=1S/C14H14Cl2N2O2S/c1-21-7-3-6-18-13(19)11(12(16)17-14(18)20)9-4-2-5-10(15)8-9/h2,4-5,8H,3,6-7H2,1H3,(H,17,20). The van der Waals surface area contributed by atoms with Crippen LogP contribution in [0.4, 0.5) is 0 Å². The molecule has 0 amide bonds. The molecule has 0 radical (unpaired) electrons. The van der Waals surface area contributed by atoms with Gasteiger partial charge in [0, 0.05) is 11.6 Å². The molecule has 7 heteroatoms. The lowest BCUT2D eigenvalue weighted by atomic mass is 10.1. The van der Waals surface area contributed by atoms with Gasteiger partial charge < -0.3 is 0 Å². The van der Waals surface area contributed by atoms with Crippen LogP contribution in [0.5, 0.6) is 0 Å². The van der Waals surface area contributed by atoms with Gasteiger partial charge in [-0.2, -0.15) is 11.8 Å². The zero-order valence-electron chi connectivity index (χ0n) is 11.4. The maximum absolute atomic E-state index is 12.5. The molecule has 1 aromatic heterocycles. The molecule has 0 saturated carbocycles. The lowest BCUT2D eigenvalue weighted by molar-refractivity contribution is 0.620. The van der Waals surface area contributed by atoms with Crippen LogP contribution >= 0.6 is 35.0 Å². The van der Waals surface area contributed by atoms with E-state index in [2.05, 4.69) is 4.98 Å². The SMILES string of the molecule is CSCCCn1c(=O)[nH]c(Cl)c(-c2cccc(Cl)c2)c1=O. The summed E-state index contributed by atoms with van der Waals surface area (Å²) in [5.74, 6) is 0.876. The first-order valence-electron chi connectivity index (χ1n) is 6.32. The predicted molar refractivity (Wildman–Crippen MR) is 89.8 cm³/mol. The molecule has 0 aliphatic carbocycles. The molecule has 0 saturated heterocycles. The van der Waals surface area contributed by atoms with E-state index >= 15 is 0 Å². The van der Waals surface area contributed by atoms with Crippen molar-refractivity contribution >= 4 is 35.0 Å². The predicted octanol–water partition coefficient (Wildman–Crippen LogP) is 3.26. The number of halogens is 2. The fourth-order valence-corrected chi connectivity index (χ4v) is 2.89. The second kappa shape index (κ2) is 7.20. The number of benzene rings is 1. The summed E-state index contributed by atoms with van der Waals surface area (Å²) in [5, 5.41) is 0.538. The van der Waals surface area contributed by atoms with E-state index in [4.69, 9.17) is 23.2 Å².